The van der Waals surface area contributed by atoms with Crippen LogP contribution in [0.5, 0.6) is 0 Å². The number of carbonyl (C=O) groups excluding carboxylic acids is 1. The van der Waals surface area contributed by atoms with Crippen molar-refractivity contribution in [1.29, 1.82) is 0 Å². The fraction of sp³-hybridized carbons (Fsp3) is 0.533. The van der Waals surface area contributed by atoms with Gasteiger partial charge in [-0.25, -0.2) is 4.98 Å². The smallest absolute Gasteiger partial charge is 0.262 e. The van der Waals surface area contributed by atoms with Crippen LogP contribution in [0.4, 0.5) is 0 Å². The zero-order valence-electron chi connectivity index (χ0n) is 12.7. The molecule has 21 heavy (non-hydrogen) atoms. The van der Waals surface area contributed by atoms with E-state index in [4.69, 9.17) is 5.73 Å². The molecular weight excluding hydrogens is 286 g/mol. The number of primary amides is 1. The molecule has 1 amide bonds. The number of carbonyl (C=O) groups is 1. The van der Waals surface area contributed by atoms with Crippen LogP contribution in [0.15, 0.2) is 4.79 Å². The Bertz CT molecular complexity index is 731. The fourth-order valence-corrected chi connectivity index (χ4v) is 3.46. The Morgan fingerprint density at radius 2 is 2.10 bits per heavy atom. The van der Waals surface area contributed by atoms with Gasteiger partial charge in [-0.1, -0.05) is 6.92 Å². The Morgan fingerprint density at radius 1 is 1.38 bits per heavy atom. The van der Waals surface area contributed by atoms with E-state index in [2.05, 4.69) is 11.9 Å². The number of fused-ring (bicyclic) bond motifs is 1. The van der Waals surface area contributed by atoms with Gasteiger partial charge in [-0.3, -0.25) is 14.2 Å². The molecule has 2 aromatic heterocycles. The van der Waals surface area contributed by atoms with Crippen molar-refractivity contribution in [3.05, 3.63) is 26.6 Å². The van der Waals surface area contributed by atoms with Crippen molar-refractivity contribution in [3.8, 4) is 0 Å². The second kappa shape index (κ2) is 6.39. The molecule has 0 aromatic carbocycles. The number of rotatable bonds is 6. The molecule has 0 unspecified atom stereocenters. The highest BCUT2D eigenvalue weighted by molar-refractivity contribution is 7.18. The van der Waals surface area contributed by atoms with Crippen LogP contribution in [0.2, 0.25) is 0 Å². The summed E-state index contributed by atoms with van der Waals surface area (Å²) in [6, 6.07) is 0. The third-order valence-corrected chi connectivity index (χ3v) is 4.75. The van der Waals surface area contributed by atoms with Gasteiger partial charge in [0.05, 0.1) is 5.39 Å². The minimum absolute atomic E-state index is 0.00905. The second-order valence-electron chi connectivity index (χ2n) is 5.27. The number of thiophene rings is 1. The molecule has 2 aromatic rings. The summed E-state index contributed by atoms with van der Waals surface area (Å²) in [7, 11) is 0. The molecule has 6 heteroatoms. The molecule has 0 aliphatic rings. The Hall–Kier alpha value is -1.69. The van der Waals surface area contributed by atoms with E-state index in [-0.39, 0.29) is 17.9 Å². The monoisotopic (exact) mass is 307 g/mol. The predicted octanol–water partition coefficient (Wildman–Crippen LogP) is 2.29. The van der Waals surface area contributed by atoms with E-state index >= 15 is 0 Å². The molecule has 5 nitrogen and oxygen atoms in total. The summed E-state index contributed by atoms with van der Waals surface area (Å²) >= 11 is 1.57. The Labute approximate surface area is 127 Å². The fourth-order valence-electron chi connectivity index (χ4n) is 2.43. The van der Waals surface area contributed by atoms with Crippen LogP contribution in [-0.4, -0.2) is 15.5 Å². The molecule has 0 aliphatic carbocycles. The van der Waals surface area contributed by atoms with Crippen LogP contribution in [0, 0.1) is 13.8 Å². The lowest BCUT2D eigenvalue weighted by Gasteiger charge is -2.11. The van der Waals surface area contributed by atoms with E-state index < -0.39 is 0 Å². The van der Waals surface area contributed by atoms with Crippen molar-refractivity contribution in [1.82, 2.24) is 9.55 Å². The topological polar surface area (TPSA) is 78.0 Å². The number of hydrogen-bond acceptors (Lipinski definition) is 4. The van der Waals surface area contributed by atoms with E-state index in [0.717, 1.165) is 39.3 Å². The maximum Gasteiger partial charge on any atom is 0.262 e. The maximum atomic E-state index is 12.7. The number of hydrogen-bond donors (Lipinski definition) is 1. The number of aryl methyl sites for hydroxylation is 3. The SMILES string of the molecule is CCCc1nc2sc(C)c(C)c2c(=O)n1CCCC(N)=O. The van der Waals surface area contributed by atoms with Crippen LogP contribution < -0.4 is 11.3 Å². The van der Waals surface area contributed by atoms with Gasteiger partial charge in [0.15, 0.2) is 0 Å². The Balaban J connectivity index is 2.51. The molecule has 0 saturated heterocycles. The lowest BCUT2D eigenvalue weighted by atomic mass is 10.2. The summed E-state index contributed by atoms with van der Waals surface area (Å²) in [6.45, 7) is 6.53. The summed E-state index contributed by atoms with van der Waals surface area (Å²) in [6.07, 6.45) is 2.55. The summed E-state index contributed by atoms with van der Waals surface area (Å²) in [5, 5.41) is 0.719. The highest BCUT2D eigenvalue weighted by Crippen LogP contribution is 2.26. The van der Waals surface area contributed by atoms with Crippen LogP contribution in [0.25, 0.3) is 10.2 Å². The average Bonchev–Trinajstić information content (AvgIpc) is 2.69. The van der Waals surface area contributed by atoms with Gasteiger partial charge in [0.2, 0.25) is 5.91 Å². The normalized spacial score (nSPS) is 11.2. The van der Waals surface area contributed by atoms with E-state index in [1.807, 2.05) is 13.8 Å². The van der Waals surface area contributed by atoms with Crippen molar-refractivity contribution >= 4 is 27.5 Å². The van der Waals surface area contributed by atoms with Crippen LogP contribution >= 0.6 is 11.3 Å². The van der Waals surface area contributed by atoms with Gasteiger partial charge in [-0.15, -0.1) is 11.3 Å². The van der Waals surface area contributed by atoms with Crippen molar-refractivity contribution < 1.29 is 4.79 Å². The van der Waals surface area contributed by atoms with Crippen molar-refractivity contribution in [2.45, 2.75) is 53.0 Å². The van der Waals surface area contributed by atoms with Gasteiger partial charge in [-0.05, 0) is 32.3 Å². The van der Waals surface area contributed by atoms with E-state index in [1.54, 1.807) is 15.9 Å². The van der Waals surface area contributed by atoms with Crippen LogP contribution in [0.1, 0.15) is 42.5 Å². The highest BCUT2D eigenvalue weighted by Gasteiger charge is 2.15. The molecule has 0 atom stereocenters. The molecule has 0 aliphatic heterocycles. The van der Waals surface area contributed by atoms with Crippen molar-refractivity contribution in [3.63, 3.8) is 0 Å². The zero-order valence-corrected chi connectivity index (χ0v) is 13.5. The Kier molecular flexibility index (Phi) is 4.77. The number of nitrogens with zero attached hydrogens (tertiary/aromatic N) is 2. The van der Waals surface area contributed by atoms with E-state index in [0.29, 0.717) is 13.0 Å². The van der Waals surface area contributed by atoms with Gasteiger partial charge in [-0.2, -0.15) is 0 Å². The molecule has 0 bridgehead atoms. The molecule has 0 spiro atoms. The quantitative estimate of drug-likeness (QED) is 0.889. The zero-order chi connectivity index (χ0) is 15.6. The van der Waals surface area contributed by atoms with Crippen LogP contribution in [0.3, 0.4) is 0 Å². The lowest BCUT2D eigenvalue weighted by molar-refractivity contribution is -0.118. The first-order chi connectivity index (χ1) is 9.95. The van der Waals surface area contributed by atoms with Gasteiger partial charge in [0.25, 0.3) is 5.56 Å². The number of aromatic nitrogens is 2. The lowest BCUT2D eigenvalue weighted by Crippen LogP contribution is -2.26. The molecular formula is C15H21N3O2S. The third kappa shape index (κ3) is 3.15. The van der Waals surface area contributed by atoms with Crippen LogP contribution in [-0.2, 0) is 17.8 Å². The number of amides is 1. The summed E-state index contributed by atoms with van der Waals surface area (Å²) in [4.78, 5) is 30.2. The Morgan fingerprint density at radius 3 is 2.71 bits per heavy atom. The molecule has 2 N–H and O–H groups in total. The van der Waals surface area contributed by atoms with Gasteiger partial charge >= 0.3 is 0 Å². The molecule has 114 valence electrons. The van der Waals surface area contributed by atoms with E-state index in [1.165, 1.54) is 0 Å². The second-order valence-corrected chi connectivity index (χ2v) is 6.47. The minimum Gasteiger partial charge on any atom is -0.370 e. The van der Waals surface area contributed by atoms with Crippen molar-refractivity contribution in [2.24, 2.45) is 5.73 Å². The first-order valence-corrected chi connectivity index (χ1v) is 8.05. The third-order valence-electron chi connectivity index (χ3n) is 3.65. The largest absolute Gasteiger partial charge is 0.370 e. The molecule has 0 fully saturated rings. The predicted molar refractivity (Wildman–Crippen MR) is 85.8 cm³/mol. The first kappa shape index (κ1) is 15.7. The summed E-state index contributed by atoms with van der Waals surface area (Å²) < 4.78 is 1.72. The van der Waals surface area contributed by atoms with Gasteiger partial charge < -0.3 is 5.73 Å². The van der Waals surface area contributed by atoms with Gasteiger partial charge in [0, 0.05) is 24.3 Å². The maximum absolute atomic E-state index is 12.7. The molecule has 0 saturated carbocycles. The summed E-state index contributed by atoms with van der Waals surface area (Å²) in [5.41, 5.74) is 6.19. The van der Waals surface area contributed by atoms with Crippen molar-refractivity contribution in [2.75, 3.05) is 0 Å². The summed E-state index contributed by atoms with van der Waals surface area (Å²) in [5.74, 6) is 0.470. The molecule has 0 radical (unpaired) electrons. The van der Waals surface area contributed by atoms with E-state index in [9.17, 15) is 9.59 Å². The molecule has 2 heterocycles. The van der Waals surface area contributed by atoms with Gasteiger partial charge in [0.1, 0.15) is 10.7 Å². The number of nitrogens with two attached hydrogens (primary N) is 1. The minimum atomic E-state index is -0.336. The first-order valence-electron chi connectivity index (χ1n) is 7.23. The molecule has 2 rings (SSSR count). The standard InChI is InChI=1S/C15H21N3O2S/c1-4-6-12-17-14-13(9(2)10(3)21-14)15(20)18(12)8-5-7-11(16)19/h4-8H2,1-3H3,(H2,16,19). The average molecular weight is 307 g/mol. The highest BCUT2D eigenvalue weighted by atomic mass is 32.1.